The van der Waals surface area contributed by atoms with Crippen molar-refractivity contribution in [2.75, 3.05) is 5.32 Å². The molecule has 3 rings (SSSR count). The van der Waals surface area contributed by atoms with E-state index < -0.39 is 74.3 Å². The number of aromatic nitrogens is 4. The van der Waals surface area contributed by atoms with E-state index in [9.17, 15) is 44.3 Å². The standard InChI is InChI=1S/C15H4Cl2F9N5O2/c16-4-1-3(13(18,19)20)2-5(17)7(4)31-10(29-12(32)33)6-8(14(21,22)23)27-11(15(24,25)26)28-9(6)30-31/h1-2,29H,(H,32,33). The van der Waals surface area contributed by atoms with Crippen LogP contribution in [-0.4, -0.2) is 30.9 Å². The summed E-state index contributed by atoms with van der Waals surface area (Å²) in [5.74, 6) is -3.42. The zero-order valence-corrected chi connectivity index (χ0v) is 16.5. The lowest BCUT2D eigenvalue weighted by molar-refractivity contribution is -0.151. The van der Waals surface area contributed by atoms with E-state index in [1.807, 2.05) is 0 Å². The number of nitrogens with zero attached hydrogens (tertiary/aromatic N) is 4. The summed E-state index contributed by atoms with van der Waals surface area (Å²) in [7, 11) is 0. The fraction of sp³-hybridized carbons (Fsp3) is 0.200. The second-order valence-corrected chi connectivity index (χ2v) is 6.88. The maximum absolute atomic E-state index is 13.5. The third kappa shape index (κ3) is 4.71. The molecule has 0 saturated carbocycles. The van der Waals surface area contributed by atoms with Crippen molar-refractivity contribution in [1.82, 2.24) is 19.7 Å². The number of rotatable bonds is 2. The van der Waals surface area contributed by atoms with Crippen molar-refractivity contribution in [2.45, 2.75) is 18.5 Å². The van der Waals surface area contributed by atoms with Gasteiger partial charge in [-0.05, 0) is 12.1 Å². The summed E-state index contributed by atoms with van der Waals surface area (Å²) >= 11 is 11.6. The SMILES string of the molecule is O=C(O)Nc1c2c(C(F)(F)F)nc(C(F)(F)F)nc2nn1-c1c(Cl)cc(C(F)(F)F)cc1Cl. The van der Waals surface area contributed by atoms with Crippen LogP contribution in [-0.2, 0) is 18.5 Å². The minimum atomic E-state index is -5.56. The maximum Gasteiger partial charge on any atom is 0.451 e. The number of nitrogens with one attached hydrogen (secondary N) is 1. The van der Waals surface area contributed by atoms with Crippen LogP contribution in [0.15, 0.2) is 12.1 Å². The molecule has 7 nitrogen and oxygen atoms in total. The smallest absolute Gasteiger partial charge is 0.451 e. The van der Waals surface area contributed by atoms with Crippen LogP contribution in [0.3, 0.4) is 0 Å². The molecule has 2 heterocycles. The first-order valence-electron chi connectivity index (χ1n) is 7.93. The Kier molecular flexibility index (Phi) is 5.82. The summed E-state index contributed by atoms with van der Waals surface area (Å²) in [6.07, 6.45) is -18.0. The van der Waals surface area contributed by atoms with Gasteiger partial charge in [0, 0.05) is 0 Å². The van der Waals surface area contributed by atoms with E-state index in [4.69, 9.17) is 28.3 Å². The molecule has 0 atom stereocenters. The molecule has 3 aromatic rings. The van der Waals surface area contributed by atoms with Crippen molar-refractivity contribution in [3.05, 3.63) is 39.3 Å². The number of hydrogen-bond acceptors (Lipinski definition) is 4. The third-order valence-electron chi connectivity index (χ3n) is 3.84. The molecule has 33 heavy (non-hydrogen) atoms. The zero-order chi connectivity index (χ0) is 25.1. The molecule has 2 aromatic heterocycles. The van der Waals surface area contributed by atoms with E-state index in [1.54, 1.807) is 0 Å². The number of benzene rings is 1. The lowest BCUT2D eigenvalue weighted by Gasteiger charge is -2.14. The lowest BCUT2D eigenvalue weighted by atomic mass is 10.2. The molecule has 0 aliphatic carbocycles. The van der Waals surface area contributed by atoms with Crippen molar-refractivity contribution in [1.29, 1.82) is 0 Å². The van der Waals surface area contributed by atoms with Crippen LogP contribution in [0.25, 0.3) is 16.7 Å². The number of amides is 1. The third-order valence-corrected chi connectivity index (χ3v) is 4.41. The van der Waals surface area contributed by atoms with Crippen molar-refractivity contribution < 1.29 is 49.4 Å². The van der Waals surface area contributed by atoms with E-state index in [2.05, 4.69) is 15.1 Å². The second kappa shape index (κ2) is 7.79. The van der Waals surface area contributed by atoms with Crippen LogP contribution >= 0.6 is 23.2 Å². The van der Waals surface area contributed by atoms with Crippen LogP contribution in [0.2, 0.25) is 10.0 Å². The quantitative estimate of drug-likeness (QED) is 0.383. The molecule has 0 saturated heterocycles. The normalized spacial score (nSPS) is 12.9. The summed E-state index contributed by atoms with van der Waals surface area (Å²) in [5.41, 5.74) is -5.65. The Labute approximate surface area is 184 Å². The highest BCUT2D eigenvalue weighted by Gasteiger charge is 2.43. The molecule has 0 spiro atoms. The highest BCUT2D eigenvalue weighted by Crippen LogP contribution is 2.43. The molecule has 18 heteroatoms. The number of fused-ring (bicyclic) bond motifs is 1. The van der Waals surface area contributed by atoms with Crippen LogP contribution in [0.4, 0.5) is 50.1 Å². The fourth-order valence-corrected chi connectivity index (χ4v) is 3.28. The molecule has 178 valence electrons. The summed E-state index contributed by atoms with van der Waals surface area (Å²) < 4.78 is 119. The summed E-state index contributed by atoms with van der Waals surface area (Å²) in [5, 5.41) is 10.8. The van der Waals surface area contributed by atoms with Crippen molar-refractivity contribution in [3.63, 3.8) is 0 Å². The van der Waals surface area contributed by atoms with Gasteiger partial charge in [-0.1, -0.05) is 23.2 Å². The lowest BCUT2D eigenvalue weighted by Crippen LogP contribution is -2.18. The van der Waals surface area contributed by atoms with Crippen LogP contribution < -0.4 is 5.32 Å². The van der Waals surface area contributed by atoms with Crippen molar-refractivity contribution >= 4 is 46.1 Å². The largest absolute Gasteiger partial charge is 0.465 e. The van der Waals surface area contributed by atoms with Gasteiger partial charge in [0.1, 0.15) is 5.69 Å². The van der Waals surface area contributed by atoms with Gasteiger partial charge in [-0.3, -0.25) is 5.32 Å². The highest BCUT2D eigenvalue weighted by molar-refractivity contribution is 6.38. The molecule has 1 aromatic carbocycles. The van der Waals surface area contributed by atoms with E-state index >= 15 is 0 Å². The van der Waals surface area contributed by atoms with Crippen molar-refractivity contribution in [2.24, 2.45) is 0 Å². The summed E-state index contributed by atoms with van der Waals surface area (Å²) in [4.78, 5) is 16.5. The van der Waals surface area contributed by atoms with Gasteiger partial charge >= 0.3 is 24.6 Å². The van der Waals surface area contributed by atoms with Crippen LogP contribution in [0.5, 0.6) is 0 Å². The Morgan fingerprint density at radius 3 is 1.88 bits per heavy atom. The van der Waals surface area contributed by atoms with Gasteiger partial charge in [-0.2, -0.15) is 39.5 Å². The Bertz CT molecular complexity index is 1240. The Hall–Kier alpha value is -3.01. The molecule has 0 unspecified atom stereocenters. The van der Waals surface area contributed by atoms with E-state index in [0.717, 1.165) is 0 Å². The molecule has 0 bridgehead atoms. The average molecular weight is 528 g/mol. The monoisotopic (exact) mass is 527 g/mol. The number of carbonyl (C=O) groups is 1. The minimum Gasteiger partial charge on any atom is -0.465 e. The van der Waals surface area contributed by atoms with Gasteiger partial charge < -0.3 is 5.11 Å². The number of anilines is 1. The highest BCUT2D eigenvalue weighted by atomic mass is 35.5. The molecule has 1 amide bonds. The summed E-state index contributed by atoms with van der Waals surface area (Å²) in [6.45, 7) is 0. The topological polar surface area (TPSA) is 92.9 Å². The van der Waals surface area contributed by atoms with E-state index in [0.29, 0.717) is 12.1 Å². The molecular formula is C15H4Cl2F9N5O2. The predicted octanol–water partition coefficient (Wildman–Crippen LogP) is 6.27. The summed E-state index contributed by atoms with van der Waals surface area (Å²) in [6, 6.07) is 0.605. The number of alkyl halides is 9. The second-order valence-electron chi connectivity index (χ2n) is 6.07. The van der Waals surface area contributed by atoms with Gasteiger partial charge in [-0.15, -0.1) is 5.10 Å². The van der Waals surface area contributed by atoms with E-state index in [1.165, 1.54) is 5.32 Å². The van der Waals surface area contributed by atoms with E-state index in [-0.39, 0.29) is 4.68 Å². The molecule has 0 aliphatic rings. The number of hydrogen-bond donors (Lipinski definition) is 2. The minimum absolute atomic E-state index is 0.188. The zero-order valence-electron chi connectivity index (χ0n) is 15.0. The predicted molar refractivity (Wildman–Crippen MR) is 93.3 cm³/mol. The average Bonchev–Trinajstić information content (AvgIpc) is 2.95. The number of halogens is 11. The van der Waals surface area contributed by atoms with Gasteiger partial charge in [0.25, 0.3) is 0 Å². The molecule has 2 N–H and O–H groups in total. The van der Waals surface area contributed by atoms with Crippen LogP contribution in [0, 0.1) is 0 Å². The van der Waals surface area contributed by atoms with Gasteiger partial charge in [0.2, 0.25) is 5.82 Å². The Balaban J connectivity index is 2.46. The Morgan fingerprint density at radius 2 is 1.45 bits per heavy atom. The first-order valence-corrected chi connectivity index (χ1v) is 8.68. The molecular weight excluding hydrogens is 524 g/mol. The molecule has 0 radical (unpaired) electrons. The number of carboxylic acid groups (broad SMARTS) is 1. The maximum atomic E-state index is 13.5. The molecule has 0 fully saturated rings. The fourth-order valence-electron chi connectivity index (χ4n) is 2.63. The first kappa shape index (κ1) is 24.6. The van der Waals surface area contributed by atoms with Gasteiger partial charge in [0.05, 0.1) is 21.0 Å². The first-order chi connectivity index (χ1) is 14.9. The molecule has 0 aliphatic heterocycles. The van der Waals surface area contributed by atoms with Crippen LogP contribution in [0.1, 0.15) is 17.1 Å². The van der Waals surface area contributed by atoms with Gasteiger partial charge in [-0.25, -0.2) is 19.4 Å². The Morgan fingerprint density at radius 1 is 0.909 bits per heavy atom. The van der Waals surface area contributed by atoms with Gasteiger partial charge in [0.15, 0.2) is 17.2 Å². The van der Waals surface area contributed by atoms with Crippen molar-refractivity contribution in [3.8, 4) is 5.69 Å².